The van der Waals surface area contributed by atoms with Gasteiger partial charge in [0.1, 0.15) is 5.75 Å². The molecule has 3 amide bonds. The number of urea groups is 1. The Morgan fingerprint density at radius 2 is 2.08 bits per heavy atom. The van der Waals surface area contributed by atoms with Crippen LogP contribution in [-0.4, -0.2) is 43.0 Å². The zero-order valence-electron chi connectivity index (χ0n) is 14.0. The van der Waals surface area contributed by atoms with Gasteiger partial charge in [-0.25, -0.2) is 9.78 Å². The van der Waals surface area contributed by atoms with E-state index in [1.54, 1.807) is 38.5 Å². The number of thiazole rings is 1. The smallest absolute Gasteiger partial charge is 0.319 e. The van der Waals surface area contributed by atoms with Crippen molar-refractivity contribution in [3.63, 3.8) is 0 Å². The van der Waals surface area contributed by atoms with Crippen LogP contribution in [0.4, 0.5) is 10.5 Å². The van der Waals surface area contributed by atoms with Gasteiger partial charge in [0.05, 0.1) is 24.3 Å². The topological polar surface area (TPSA) is 83.6 Å². The van der Waals surface area contributed by atoms with E-state index in [2.05, 4.69) is 15.6 Å². The van der Waals surface area contributed by atoms with E-state index in [0.717, 1.165) is 9.88 Å². The van der Waals surface area contributed by atoms with Crippen molar-refractivity contribution in [1.82, 2.24) is 15.2 Å². The first-order chi connectivity index (χ1) is 11.4. The normalized spacial score (nSPS) is 10.2. The number of carbonyl (C=O) groups excluding carboxylic acids is 2. The highest BCUT2D eigenvalue weighted by Crippen LogP contribution is 2.26. The summed E-state index contributed by atoms with van der Waals surface area (Å²) in [5.74, 6) is 0.329. The third kappa shape index (κ3) is 4.45. The molecule has 0 aliphatic heterocycles. The molecule has 0 atom stereocenters. The molecule has 1 heterocycles. The van der Waals surface area contributed by atoms with Gasteiger partial charge in [-0.3, -0.25) is 4.79 Å². The van der Waals surface area contributed by atoms with Gasteiger partial charge in [0, 0.05) is 30.7 Å². The lowest BCUT2D eigenvalue weighted by Gasteiger charge is -2.14. The van der Waals surface area contributed by atoms with Gasteiger partial charge in [0.25, 0.3) is 5.91 Å². The fourth-order valence-corrected chi connectivity index (χ4v) is 2.75. The van der Waals surface area contributed by atoms with E-state index < -0.39 is 0 Å². The van der Waals surface area contributed by atoms with Crippen LogP contribution in [-0.2, 0) is 6.54 Å². The number of aromatic nitrogens is 1. The van der Waals surface area contributed by atoms with Crippen molar-refractivity contribution in [3.8, 4) is 5.75 Å². The molecular weight excluding hydrogens is 328 g/mol. The van der Waals surface area contributed by atoms with Crippen molar-refractivity contribution in [2.45, 2.75) is 13.5 Å². The van der Waals surface area contributed by atoms with Crippen LogP contribution in [0.3, 0.4) is 0 Å². The van der Waals surface area contributed by atoms with E-state index in [-0.39, 0.29) is 11.9 Å². The fraction of sp³-hybridized carbons (Fsp3) is 0.312. The van der Waals surface area contributed by atoms with Gasteiger partial charge < -0.3 is 20.3 Å². The van der Waals surface area contributed by atoms with Crippen molar-refractivity contribution >= 4 is 29.0 Å². The van der Waals surface area contributed by atoms with Crippen LogP contribution in [0.15, 0.2) is 24.4 Å². The molecule has 2 aromatic rings. The van der Waals surface area contributed by atoms with Crippen molar-refractivity contribution in [1.29, 1.82) is 0 Å². The highest BCUT2D eigenvalue weighted by atomic mass is 32.1. The lowest BCUT2D eigenvalue weighted by atomic mass is 10.1. The van der Waals surface area contributed by atoms with Crippen LogP contribution in [0.5, 0.6) is 5.75 Å². The average Bonchev–Trinajstić information content (AvgIpc) is 2.97. The quantitative estimate of drug-likeness (QED) is 0.869. The van der Waals surface area contributed by atoms with Crippen LogP contribution < -0.4 is 15.4 Å². The van der Waals surface area contributed by atoms with Gasteiger partial charge in [0.2, 0.25) is 0 Å². The molecule has 7 nitrogen and oxygen atoms in total. The van der Waals surface area contributed by atoms with E-state index in [0.29, 0.717) is 23.5 Å². The van der Waals surface area contributed by atoms with E-state index in [1.807, 2.05) is 6.92 Å². The zero-order valence-corrected chi connectivity index (χ0v) is 14.9. The summed E-state index contributed by atoms with van der Waals surface area (Å²) in [6.45, 7) is 2.29. The predicted molar refractivity (Wildman–Crippen MR) is 93.7 cm³/mol. The largest absolute Gasteiger partial charge is 0.495 e. The Bertz CT molecular complexity index is 743. The third-order valence-electron chi connectivity index (χ3n) is 3.19. The van der Waals surface area contributed by atoms with E-state index >= 15 is 0 Å². The number of aryl methyl sites for hydroxylation is 1. The molecule has 2 N–H and O–H groups in total. The Morgan fingerprint density at radius 3 is 2.67 bits per heavy atom. The van der Waals surface area contributed by atoms with Crippen LogP contribution in [0, 0.1) is 6.92 Å². The maximum absolute atomic E-state index is 12.1. The molecule has 0 aliphatic rings. The number of benzene rings is 1. The number of amides is 3. The summed E-state index contributed by atoms with van der Waals surface area (Å²) in [7, 11) is 4.85. The molecule has 0 aliphatic carbocycles. The van der Waals surface area contributed by atoms with Crippen molar-refractivity contribution in [2.75, 3.05) is 26.5 Å². The molecule has 0 radical (unpaired) electrons. The zero-order chi connectivity index (χ0) is 17.7. The minimum absolute atomic E-state index is 0.152. The van der Waals surface area contributed by atoms with Gasteiger partial charge in [-0.05, 0) is 25.1 Å². The summed E-state index contributed by atoms with van der Waals surface area (Å²) in [6.07, 6.45) is 1.73. The predicted octanol–water partition coefficient (Wildman–Crippen LogP) is 2.48. The molecule has 0 bridgehead atoms. The second-order valence-corrected chi connectivity index (χ2v) is 6.59. The number of hydrogen-bond acceptors (Lipinski definition) is 5. The molecule has 0 fully saturated rings. The maximum Gasteiger partial charge on any atom is 0.319 e. The molecule has 1 aromatic carbocycles. The molecule has 0 saturated carbocycles. The van der Waals surface area contributed by atoms with Gasteiger partial charge in [0.15, 0.2) is 0 Å². The standard InChI is InChI=1S/C16H20N4O3S/c1-10-17-8-12(24-10)9-18-16(22)19-13-7-11(15(21)20(2)3)5-6-14(13)23-4/h5-8H,9H2,1-4H3,(H2,18,19,22). The van der Waals surface area contributed by atoms with E-state index in [4.69, 9.17) is 4.74 Å². The molecule has 8 heteroatoms. The molecule has 128 valence electrons. The summed E-state index contributed by atoms with van der Waals surface area (Å²) in [4.78, 5) is 30.7. The molecule has 0 saturated heterocycles. The Balaban J connectivity index is 2.07. The van der Waals surface area contributed by atoms with Crippen LogP contribution >= 0.6 is 11.3 Å². The Morgan fingerprint density at radius 1 is 1.33 bits per heavy atom. The molecule has 24 heavy (non-hydrogen) atoms. The van der Waals surface area contributed by atoms with E-state index in [1.165, 1.54) is 23.3 Å². The summed E-state index contributed by atoms with van der Waals surface area (Å²) in [5, 5.41) is 6.41. The van der Waals surface area contributed by atoms with E-state index in [9.17, 15) is 9.59 Å². The molecule has 2 rings (SSSR count). The number of methoxy groups -OCH3 is 1. The Hall–Kier alpha value is -2.61. The number of hydrogen-bond donors (Lipinski definition) is 2. The van der Waals surface area contributed by atoms with Crippen LogP contribution in [0.2, 0.25) is 0 Å². The second-order valence-electron chi connectivity index (χ2n) is 5.27. The number of nitrogens with zero attached hydrogens (tertiary/aromatic N) is 2. The highest BCUT2D eigenvalue weighted by Gasteiger charge is 2.13. The Labute approximate surface area is 144 Å². The average molecular weight is 348 g/mol. The first-order valence-corrected chi connectivity index (χ1v) is 8.08. The van der Waals surface area contributed by atoms with Crippen molar-refractivity contribution in [3.05, 3.63) is 39.8 Å². The summed E-state index contributed by atoms with van der Waals surface area (Å²) in [5.41, 5.74) is 0.900. The molecule has 0 unspecified atom stereocenters. The van der Waals surface area contributed by atoms with Crippen LogP contribution in [0.25, 0.3) is 0 Å². The van der Waals surface area contributed by atoms with Gasteiger partial charge >= 0.3 is 6.03 Å². The number of ether oxygens (including phenoxy) is 1. The molecular formula is C16H20N4O3S. The Kier molecular flexibility index (Phi) is 5.75. The minimum Gasteiger partial charge on any atom is -0.495 e. The number of anilines is 1. The molecule has 0 spiro atoms. The lowest BCUT2D eigenvalue weighted by Crippen LogP contribution is -2.28. The monoisotopic (exact) mass is 348 g/mol. The first-order valence-electron chi connectivity index (χ1n) is 7.26. The fourth-order valence-electron chi connectivity index (χ4n) is 2.02. The molecule has 1 aromatic heterocycles. The van der Waals surface area contributed by atoms with Gasteiger partial charge in [-0.15, -0.1) is 11.3 Å². The highest BCUT2D eigenvalue weighted by molar-refractivity contribution is 7.11. The van der Waals surface area contributed by atoms with Gasteiger partial charge in [-0.1, -0.05) is 0 Å². The minimum atomic E-state index is -0.381. The van der Waals surface area contributed by atoms with Crippen molar-refractivity contribution in [2.24, 2.45) is 0 Å². The SMILES string of the molecule is COc1ccc(C(=O)N(C)C)cc1NC(=O)NCc1cnc(C)s1. The summed E-state index contributed by atoms with van der Waals surface area (Å²) < 4.78 is 5.23. The maximum atomic E-state index is 12.1. The number of rotatable bonds is 5. The number of nitrogens with one attached hydrogen (secondary N) is 2. The summed E-state index contributed by atoms with van der Waals surface area (Å²) >= 11 is 1.52. The van der Waals surface area contributed by atoms with Gasteiger partial charge in [-0.2, -0.15) is 0 Å². The number of carbonyl (C=O) groups is 2. The lowest BCUT2D eigenvalue weighted by molar-refractivity contribution is 0.0827. The summed E-state index contributed by atoms with van der Waals surface area (Å²) in [6, 6.07) is 4.52. The third-order valence-corrected chi connectivity index (χ3v) is 4.11. The van der Waals surface area contributed by atoms with Crippen LogP contribution in [0.1, 0.15) is 20.2 Å². The first kappa shape index (κ1) is 17.7. The van der Waals surface area contributed by atoms with Crippen molar-refractivity contribution < 1.29 is 14.3 Å². The second kappa shape index (κ2) is 7.78.